The van der Waals surface area contributed by atoms with E-state index in [2.05, 4.69) is 5.32 Å². The van der Waals surface area contributed by atoms with E-state index >= 15 is 0 Å². The SMILES string of the molecule is CC[C@@H](CO)NCc1cc(F)cc(F)c1. The minimum Gasteiger partial charge on any atom is -0.395 e. The van der Waals surface area contributed by atoms with Crippen LogP contribution in [0.1, 0.15) is 18.9 Å². The topological polar surface area (TPSA) is 32.3 Å². The lowest BCUT2D eigenvalue weighted by atomic mass is 10.2. The Morgan fingerprint density at radius 2 is 1.87 bits per heavy atom. The summed E-state index contributed by atoms with van der Waals surface area (Å²) in [5.74, 6) is -1.16. The first-order chi connectivity index (χ1) is 7.15. The van der Waals surface area contributed by atoms with Crippen LogP contribution in [0.3, 0.4) is 0 Å². The Balaban J connectivity index is 2.57. The van der Waals surface area contributed by atoms with Gasteiger partial charge in [-0.3, -0.25) is 0 Å². The molecule has 84 valence electrons. The maximum Gasteiger partial charge on any atom is 0.126 e. The summed E-state index contributed by atoms with van der Waals surface area (Å²) in [7, 11) is 0. The molecule has 0 spiro atoms. The van der Waals surface area contributed by atoms with Crippen molar-refractivity contribution in [2.75, 3.05) is 6.61 Å². The normalized spacial score (nSPS) is 12.8. The maximum atomic E-state index is 12.8. The number of nitrogens with one attached hydrogen (secondary N) is 1. The summed E-state index contributed by atoms with van der Waals surface area (Å²) < 4.78 is 25.6. The van der Waals surface area contributed by atoms with Crippen LogP contribution in [0.25, 0.3) is 0 Å². The van der Waals surface area contributed by atoms with Crippen molar-refractivity contribution < 1.29 is 13.9 Å². The van der Waals surface area contributed by atoms with Gasteiger partial charge in [-0.15, -0.1) is 0 Å². The Kier molecular flexibility index (Phi) is 4.65. The molecular weight excluding hydrogens is 200 g/mol. The molecule has 1 aromatic carbocycles. The first-order valence-corrected chi connectivity index (χ1v) is 4.95. The van der Waals surface area contributed by atoms with Crippen molar-refractivity contribution in [3.8, 4) is 0 Å². The zero-order valence-electron chi connectivity index (χ0n) is 8.63. The lowest BCUT2D eigenvalue weighted by Crippen LogP contribution is -2.31. The molecule has 0 aromatic heterocycles. The number of hydrogen-bond acceptors (Lipinski definition) is 2. The monoisotopic (exact) mass is 215 g/mol. The van der Waals surface area contributed by atoms with E-state index in [1.165, 1.54) is 12.1 Å². The quantitative estimate of drug-likeness (QED) is 0.785. The fourth-order valence-corrected chi connectivity index (χ4v) is 1.31. The molecule has 0 saturated carbocycles. The van der Waals surface area contributed by atoms with E-state index in [9.17, 15) is 8.78 Å². The van der Waals surface area contributed by atoms with Gasteiger partial charge in [0.2, 0.25) is 0 Å². The van der Waals surface area contributed by atoms with Gasteiger partial charge in [-0.2, -0.15) is 0 Å². The molecule has 0 aliphatic heterocycles. The highest BCUT2D eigenvalue weighted by Crippen LogP contribution is 2.08. The molecule has 0 amide bonds. The molecule has 0 radical (unpaired) electrons. The third kappa shape index (κ3) is 3.93. The lowest BCUT2D eigenvalue weighted by Gasteiger charge is -2.13. The summed E-state index contributed by atoms with van der Waals surface area (Å²) in [4.78, 5) is 0. The third-order valence-electron chi connectivity index (χ3n) is 2.23. The van der Waals surface area contributed by atoms with E-state index in [4.69, 9.17) is 5.11 Å². The van der Waals surface area contributed by atoms with Gasteiger partial charge in [0.25, 0.3) is 0 Å². The predicted molar refractivity (Wildman–Crippen MR) is 54.4 cm³/mol. The lowest BCUT2D eigenvalue weighted by molar-refractivity contribution is 0.238. The average Bonchev–Trinajstić information content (AvgIpc) is 2.18. The number of halogens is 2. The second-order valence-electron chi connectivity index (χ2n) is 3.45. The van der Waals surface area contributed by atoms with Crippen LogP contribution in [0.2, 0.25) is 0 Å². The largest absolute Gasteiger partial charge is 0.395 e. The molecule has 15 heavy (non-hydrogen) atoms. The van der Waals surface area contributed by atoms with Crippen molar-refractivity contribution in [1.82, 2.24) is 5.32 Å². The molecular formula is C11H15F2NO. The van der Waals surface area contributed by atoms with Gasteiger partial charge in [0.15, 0.2) is 0 Å². The Hall–Kier alpha value is -1.00. The highest BCUT2D eigenvalue weighted by Gasteiger charge is 2.05. The molecule has 2 N–H and O–H groups in total. The standard InChI is InChI=1S/C11H15F2NO/c1-2-11(7-15)14-6-8-3-9(12)5-10(13)4-8/h3-5,11,14-15H,2,6-7H2,1H3/t11-/m0/s1. The highest BCUT2D eigenvalue weighted by molar-refractivity contribution is 5.17. The molecule has 0 aliphatic carbocycles. The van der Waals surface area contributed by atoms with Gasteiger partial charge >= 0.3 is 0 Å². The van der Waals surface area contributed by atoms with Crippen molar-refractivity contribution in [2.45, 2.75) is 25.9 Å². The molecule has 2 nitrogen and oxygen atoms in total. The summed E-state index contributed by atoms with van der Waals surface area (Å²) in [6.45, 7) is 2.31. The zero-order chi connectivity index (χ0) is 11.3. The van der Waals surface area contributed by atoms with Crippen molar-refractivity contribution >= 4 is 0 Å². The van der Waals surface area contributed by atoms with Gasteiger partial charge in [0, 0.05) is 18.7 Å². The number of benzene rings is 1. The minimum atomic E-state index is -0.580. The number of hydrogen-bond donors (Lipinski definition) is 2. The van der Waals surface area contributed by atoms with Crippen LogP contribution in [-0.4, -0.2) is 17.8 Å². The fourth-order valence-electron chi connectivity index (χ4n) is 1.31. The van der Waals surface area contributed by atoms with Crippen LogP contribution in [0.15, 0.2) is 18.2 Å². The van der Waals surface area contributed by atoms with Crippen LogP contribution in [0.5, 0.6) is 0 Å². The molecule has 1 rings (SSSR count). The van der Waals surface area contributed by atoms with E-state index in [-0.39, 0.29) is 12.6 Å². The molecule has 1 atom stereocenters. The first-order valence-electron chi connectivity index (χ1n) is 4.95. The summed E-state index contributed by atoms with van der Waals surface area (Å²) in [5.41, 5.74) is 0.541. The molecule has 0 bridgehead atoms. The van der Waals surface area contributed by atoms with Crippen LogP contribution in [0.4, 0.5) is 8.78 Å². The molecule has 1 aromatic rings. The second kappa shape index (κ2) is 5.78. The smallest absolute Gasteiger partial charge is 0.126 e. The van der Waals surface area contributed by atoms with Crippen LogP contribution >= 0.6 is 0 Å². The van der Waals surface area contributed by atoms with E-state index in [0.717, 1.165) is 12.5 Å². The van der Waals surface area contributed by atoms with E-state index in [1.54, 1.807) is 0 Å². The predicted octanol–water partition coefficient (Wildman–Crippen LogP) is 1.83. The van der Waals surface area contributed by atoms with Crippen molar-refractivity contribution in [1.29, 1.82) is 0 Å². The Morgan fingerprint density at radius 1 is 1.27 bits per heavy atom. The van der Waals surface area contributed by atoms with Crippen molar-refractivity contribution in [2.24, 2.45) is 0 Å². The van der Waals surface area contributed by atoms with E-state index in [1.807, 2.05) is 6.92 Å². The molecule has 4 heteroatoms. The molecule has 0 fully saturated rings. The summed E-state index contributed by atoms with van der Waals surface area (Å²) >= 11 is 0. The van der Waals surface area contributed by atoms with E-state index in [0.29, 0.717) is 12.1 Å². The van der Waals surface area contributed by atoms with Gasteiger partial charge in [-0.05, 0) is 24.1 Å². The van der Waals surface area contributed by atoms with Crippen molar-refractivity contribution in [3.05, 3.63) is 35.4 Å². The number of rotatable bonds is 5. The van der Waals surface area contributed by atoms with E-state index < -0.39 is 11.6 Å². The summed E-state index contributed by atoms with van der Waals surface area (Å²) in [5, 5.41) is 11.9. The Bertz CT molecular complexity index is 293. The van der Waals surface area contributed by atoms with Gasteiger partial charge in [0.1, 0.15) is 11.6 Å². The van der Waals surface area contributed by atoms with Gasteiger partial charge in [0.05, 0.1) is 6.61 Å². The second-order valence-corrected chi connectivity index (χ2v) is 3.45. The van der Waals surface area contributed by atoms with Crippen LogP contribution in [0, 0.1) is 11.6 Å². The highest BCUT2D eigenvalue weighted by atomic mass is 19.1. The Morgan fingerprint density at radius 3 is 2.33 bits per heavy atom. The van der Waals surface area contributed by atoms with Crippen LogP contribution in [-0.2, 0) is 6.54 Å². The zero-order valence-corrected chi connectivity index (χ0v) is 8.63. The number of aliphatic hydroxyl groups is 1. The van der Waals surface area contributed by atoms with Gasteiger partial charge < -0.3 is 10.4 Å². The Labute approximate surface area is 87.9 Å². The molecule has 0 heterocycles. The fraction of sp³-hybridized carbons (Fsp3) is 0.455. The van der Waals surface area contributed by atoms with Crippen molar-refractivity contribution in [3.63, 3.8) is 0 Å². The summed E-state index contributed by atoms with van der Waals surface area (Å²) in [6.07, 6.45) is 0.772. The average molecular weight is 215 g/mol. The number of aliphatic hydroxyl groups excluding tert-OH is 1. The third-order valence-corrected chi connectivity index (χ3v) is 2.23. The van der Waals surface area contributed by atoms with Gasteiger partial charge in [-0.1, -0.05) is 6.92 Å². The molecule has 0 aliphatic rings. The van der Waals surface area contributed by atoms with Gasteiger partial charge in [-0.25, -0.2) is 8.78 Å². The first kappa shape index (κ1) is 12.1. The molecule has 0 saturated heterocycles. The minimum absolute atomic E-state index is 0.0221. The summed E-state index contributed by atoms with van der Waals surface area (Å²) in [6, 6.07) is 3.36. The van der Waals surface area contributed by atoms with Crippen LogP contribution < -0.4 is 5.32 Å². The molecule has 0 unspecified atom stereocenters. The maximum absolute atomic E-state index is 12.8.